The Labute approximate surface area is 117 Å². The van der Waals surface area contributed by atoms with E-state index < -0.39 is 0 Å². The summed E-state index contributed by atoms with van der Waals surface area (Å²) in [6.45, 7) is 4.39. The quantitative estimate of drug-likeness (QED) is 0.937. The van der Waals surface area contributed by atoms with E-state index in [1.165, 1.54) is 0 Å². The molecular formula is C14H16ClN3O. The first kappa shape index (κ1) is 13.6. The van der Waals surface area contributed by atoms with Crippen molar-refractivity contribution < 1.29 is 4.79 Å². The monoisotopic (exact) mass is 277 g/mol. The van der Waals surface area contributed by atoms with Crippen molar-refractivity contribution >= 4 is 17.5 Å². The molecule has 2 aromatic rings. The summed E-state index contributed by atoms with van der Waals surface area (Å²) in [6.07, 6.45) is 0. The van der Waals surface area contributed by atoms with Gasteiger partial charge in [0.15, 0.2) is 0 Å². The number of nitrogens with zero attached hydrogens (tertiary/aromatic N) is 2. The van der Waals surface area contributed by atoms with Crippen LogP contribution in [0.25, 0.3) is 0 Å². The lowest BCUT2D eigenvalue weighted by Gasteiger charge is -2.06. The molecule has 1 amide bonds. The Balaban J connectivity index is 2.09. The lowest BCUT2D eigenvalue weighted by Crippen LogP contribution is -2.23. The van der Waals surface area contributed by atoms with Gasteiger partial charge in [0, 0.05) is 35.4 Å². The maximum Gasteiger partial charge on any atom is 0.251 e. The van der Waals surface area contributed by atoms with Gasteiger partial charge in [0.25, 0.3) is 5.91 Å². The molecule has 0 atom stereocenters. The van der Waals surface area contributed by atoms with Crippen molar-refractivity contribution in [3.63, 3.8) is 0 Å². The zero-order valence-electron chi connectivity index (χ0n) is 11.2. The van der Waals surface area contributed by atoms with E-state index >= 15 is 0 Å². The highest BCUT2D eigenvalue weighted by Gasteiger charge is 2.11. The number of benzene rings is 1. The lowest BCUT2D eigenvalue weighted by molar-refractivity contribution is 0.0951. The molecule has 5 heteroatoms. The van der Waals surface area contributed by atoms with Crippen LogP contribution in [0.4, 0.5) is 0 Å². The third-order valence-corrected chi connectivity index (χ3v) is 3.41. The fraction of sp³-hybridized carbons (Fsp3) is 0.286. The maximum atomic E-state index is 12.0. The van der Waals surface area contributed by atoms with Crippen LogP contribution >= 0.6 is 11.6 Å². The number of rotatable bonds is 3. The SMILES string of the molecule is Cc1nn(C)c(C)c1CNC(=O)c1cccc(Cl)c1. The zero-order valence-corrected chi connectivity index (χ0v) is 12.0. The minimum absolute atomic E-state index is 0.134. The number of amides is 1. The van der Waals surface area contributed by atoms with Gasteiger partial charge in [-0.1, -0.05) is 17.7 Å². The summed E-state index contributed by atoms with van der Waals surface area (Å²) in [7, 11) is 1.89. The number of aromatic nitrogens is 2. The minimum atomic E-state index is -0.134. The number of carbonyl (C=O) groups excluding carboxylic acids is 1. The molecule has 0 aliphatic heterocycles. The summed E-state index contributed by atoms with van der Waals surface area (Å²) in [5.41, 5.74) is 3.61. The molecule has 0 saturated heterocycles. The third-order valence-electron chi connectivity index (χ3n) is 3.17. The standard InChI is InChI=1S/C14H16ClN3O/c1-9-13(10(2)18(3)17-9)8-16-14(19)11-5-4-6-12(15)7-11/h4-7H,8H2,1-3H3,(H,16,19). The first-order valence-corrected chi connectivity index (χ1v) is 6.39. The van der Waals surface area contributed by atoms with Crippen LogP contribution in [0.15, 0.2) is 24.3 Å². The van der Waals surface area contributed by atoms with Crippen molar-refractivity contribution in [3.05, 3.63) is 51.8 Å². The molecule has 1 N–H and O–H groups in total. The van der Waals surface area contributed by atoms with Crippen LogP contribution in [0, 0.1) is 13.8 Å². The van der Waals surface area contributed by atoms with Crippen molar-refractivity contribution in [2.24, 2.45) is 7.05 Å². The summed E-state index contributed by atoms with van der Waals surface area (Å²) in [5, 5.41) is 7.76. The van der Waals surface area contributed by atoms with Crippen LogP contribution in [0.5, 0.6) is 0 Å². The van der Waals surface area contributed by atoms with E-state index in [9.17, 15) is 4.79 Å². The smallest absolute Gasteiger partial charge is 0.251 e. The molecule has 2 rings (SSSR count). The molecule has 1 heterocycles. The van der Waals surface area contributed by atoms with Gasteiger partial charge < -0.3 is 5.32 Å². The van der Waals surface area contributed by atoms with Gasteiger partial charge in [-0.15, -0.1) is 0 Å². The Morgan fingerprint density at radius 2 is 2.16 bits per heavy atom. The number of hydrogen-bond donors (Lipinski definition) is 1. The third kappa shape index (κ3) is 2.96. The number of halogens is 1. The van der Waals surface area contributed by atoms with Gasteiger partial charge in [0.2, 0.25) is 0 Å². The topological polar surface area (TPSA) is 46.9 Å². The van der Waals surface area contributed by atoms with Gasteiger partial charge in [-0.3, -0.25) is 9.48 Å². The van der Waals surface area contributed by atoms with Crippen LogP contribution in [-0.2, 0) is 13.6 Å². The second kappa shape index (κ2) is 5.45. The first-order valence-electron chi connectivity index (χ1n) is 6.02. The summed E-state index contributed by atoms with van der Waals surface area (Å²) < 4.78 is 1.82. The van der Waals surface area contributed by atoms with Crippen LogP contribution in [0.1, 0.15) is 27.3 Å². The van der Waals surface area contributed by atoms with Gasteiger partial charge >= 0.3 is 0 Å². The summed E-state index contributed by atoms with van der Waals surface area (Å²) >= 11 is 5.87. The Kier molecular flexibility index (Phi) is 3.90. The van der Waals surface area contributed by atoms with E-state index in [-0.39, 0.29) is 5.91 Å². The Hall–Kier alpha value is -1.81. The molecule has 1 aromatic heterocycles. The fourth-order valence-corrected chi connectivity index (χ4v) is 2.16. The van der Waals surface area contributed by atoms with Crippen LogP contribution in [-0.4, -0.2) is 15.7 Å². The molecule has 0 bridgehead atoms. The van der Waals surface area contributed by atoms with Crippen molar-refractivity contribution in [2.45, 2.75) is 20.4 Å². The largest absolute Gasteiger partial charge is 0.348 e. The second-order valence-electron chi connectivity index (χ2n) is 4.47. The Morgan fingerprint density at radius 1 is 1.42 bits per heavy atom. The van der Waals surface area contributed by atoms with Crippen LogP contribution in [0.3, 0.4) is 0 Å². The van der Waals surface area contributed by atoms with Gasteiger partial charge in [-0.05, 0) is 32.0 Å². The molecule has 0 aliphatic carbocycles. The molecule has 4 nitrogen and oxygen atoms in total. The van der Waals surface area contributed by atoms with E-state index in [4.69, 9.17) is 11.6 Å². The number of nitrogens with one attached hydrogen (secondary N) is 1. The highest BCUT2D eigenvalue weighted by Crippen LogP contribution is 2.13. The normalized spacial score (nSPS) is 10.5. The van der Waals surface area contributed by atoms with E-state index in [0.29, 0.717) is 17.1 Å². The fourth-order valence-electron chi connectivity index (χ4n) is 1.97. The van der Waals surface area contributed by atoms with Gasteiger partial charge in [-0.25, -0.2) is 0 Å². The van der Waals surface area contributed by atoms with E-state index in [1.807, 2.05) is 25.6 Å². The summed E-state index contributed by atoms with van der Waals surface area (Å²) in [4.78, 5) is 12.0. The minimum Gasteiger partial charge on any atom is -0.348 e. The predicted molar refractivity (Wildman–Crippen MR) is 75.3 cm³/mol. The van der Waals surface area contributed by atoms with Crippen LogP contribution < -0.4 is 5.32 Å². The first-order chi connectivity index (χ1) is 8.99. The van der Waals surface area contributed by atoms with Crippen molar-refractivity contribution in [1.82, 2.24) is 15.1 Å². The second-order valence-corrected chi connectivity index (χ2v) is 4.90. The number of aryl methyl sites for hydroxylation is 2. The van der Waals surface area contributed by atoms with Crippen molar-refractivity contribution in [3.8, 4) is 0 Å². The molecule has 0 fully saturated rings. The van der Waals surface area contributed by atoms with Crippen molar-refractivity contribution in [1.29, 1.82) is 0 Å². The summed E-state index contributed by atoms with van der Waals surface area (Å²) in [5.74, 6) is -0.134. The van der Waals surface area contributed by atoms with E-state index in [2.05, 4.69) is 10.4 Å². The number of hydrogen-bond acceptors (Lipinski definition) is 2. The molecule has 0 unspecified atom stereocenters. The molecule has 19 heavy (non-hydrogen) atoms. The highest BCUT2D eigenvalue weighted by molar-refractivity contribution is 6.30. The Morgan fingerprint density at radius 3 is 2.74 bits per heavy atom. The zero-order chi connectivity index (χ0) is 14.0. The van der Waals surface area contributed by atoms with Crippen molar-refractivity contribution in [2.75, 3.05) is 0 Å². The van der Waals surface area contributed by atoms with Gasteiger partial charge in [0.1, 0.15) is 0 Å². The molecule has 0 radical (unpaired) electrons. The van der Waals surface area contributed by atoms with Crippen LogP contribution in [0.2, 0.25) is 5.02 Å². The number of carbonyl (C=O) groups is 1. The highest BCUT2D eigenvalue weighted by atomic mass is 35.5. The van der Waals surface area contributed by atoms with Gasteiger partial charge in [-0.2, -0.15) is 5.10 Å². The predicted octanol–water partition coefficient (Wildman–Crippen LogP) is 2.62. The Bertz CT molecular complexity index is 619. The lowest BCUT2D eigenvalue weighted by atomic mass is 10.1. The molecule has 0 spiro atoms. The maximum absolute atomic E-state index is 12.0. The van der Waals surface area contributed by atoms with Gasteiger partial charge in [0.05, 0.1) is 5.69 Å². The van der Waals surface area contributed by atoms with E-state index in [1.54, 1.807) is 24.3 Å². The molecular weight excluding hydrogens is 262 g/mol. The molecule has 100 valence electrons. The molecule has 0 saturated carbocycles. The summed E-state index contributed by atoms with van der Waals surface area (Å²) in [6, 6.07) is 6.90. The molecule has 0 aliphatic rings. The average Bonchev–Trinajstić information content (AvgIpc) is 2.61. The average molecular weight is 278 g/mol. The van der Waals surface area contributed by atoms with E-state index in [0.717, 1.165) is 17.0 Å². The molecule has 1 aromatic carbocycles.